The van der Waals surface area contributed by atoms with Crippen LogP contribution in [0, 0.1) is 23.2 Å². The molecule has 0 heterocycles. The molecule has 2 fully saturated rings. The fourth-order valence-electron chi connectivity index (χ4n) is 6.10. The third-order valence-electron chi connectivity index (χ3n) is 7.46. The van der Waals surface area contributed by atoms with Gasteiger partial charge in [-0.2, -0.15) is 0 Å². The van der Waals surface area contributed by atoms with Crippen LogP contribution >= 0.6 is 0 Å². The number of aliphatic hydroxyl groups excluding tert-OH is 1. The second-order valence-corrected chi connectivity index (χ2v) is 10.9. The van der Waals surface area contributed by atoms with Crippen molar-refractivity contribution in [3.05, 3.63) is 0 Å². The Labute approximate surface area is 161 Å². The molecule has 3 N–H and O–H groups in total. The van der Waals surface area contributed by atoms with Crippen molar-refractivity contribution < 1.29 is 15.3 Å². The van der Waals surface area contributed by atoms with Crippen LogP contribution in [-0.4, -0.2) is 32.6 Å². The standard InChI is InChI=1S/C23H44O3/c1-21(2,25)14-6-9-17(10-7-15-22(3,4)26)18-12-13-19-20(24)11-8-16-23(18,19)5/h17-20,24-26H,6-16H2,1-5H3/t18-,19?,20+,23-/m1/s1. The van der Waals surface area contributed by atoms with Crippen molar-refractivity contribution in [2.75, 3.05) is 0 Å². The highest BCUT2D eigenvalue weighted by Gasteiger charge is 2.52. The molecule has 2 rings (SSSR count). The minimum Gasteiger partial charge on any atom is -0.393 e. The molecule has 0 amide bonds. The molecule has 26 heavy (non-hydrogen) atoms. The summed E-state index contributed by atoms with van der Waals surface area (Å²) >= 11 is 0. The summed E-state index contributed by atoms with van der Waals surface area (Å²) in [5.41, 5.74) is -0.882. The third-order valence-corrected chi connectivity index (χ3v) is 7.46. The quantitative estimate of drug-likeness (QED) is 0.533. The van der Waals surface area contributed by atoms with Crippen molar-refractivity contribution in [1.29, 1.82) is 0 Å². The average Bonchev–Trinajstić information content (AvgIpc) is 2.81. The Morgan fingerprint density at radius 3 is 1.96 bits per heavy atom. The van der Waals surface area contributed by atoms with E-state index in [9.17, 15) is 15.3 Å². The third kappa shape index (κ3) is 5.94. The first-order valence-electron chi connectivity index (χ1n) is 11.1. The van der Waals surface area contributed by atoms with Crippen molar-refractivity contribution in [3.63, 3.8) is 0 Å². The second kappa shape index (κ2) is 8.49. The van der Waals surface area contributed by atoms with E-state index in [1.165, 1.54) is 32.1 Å². The average molecular weight is 369 g/mol. The van der Waals surface area contributed by atoms with E-state index in [2.05, 4.69) is 6.92 Å². The molecular formula is C23H44O3. The molecule has 0 saturated heterocycles. The summed E-state index contributed by atoms with van der Waals surface area (Å²) in [5.74, 6) is 1.82. The largest absolute Gasteiger partial charge is 0.393 e. The SMILES string of the molecule is CC(C)(O)CCCC(CCCC(C)(C)O)[C@H]1CCC2[C@@H](O)CCC[C@@]21C. The first-order valence-corrected chi connectivity index (χ1v) is 11.1. The van der Waals surface area contributed by atoms with Crippen LogP contribution in [0.25, 0.3) is 0 Å². The molecule has 0 aliphatic heterocycles. The summed E-state index contributed by atoms with van der Waals surface area (Å²) in [6.45, 7) is 10.1. The molecule has 0 aromatic heterocycles. The number of hydrogen-bond donors (Lipinski definition) is 3. The summed E-state index contributed by atoms with van der Waals surface area (Å²) in [6, 6.07) is 0. The molecule has 0 aromatic rings. The van der Waals surface area contributed by atoms with E-state index in [1.807, 2.05) is 27.7 Å². The number of fused-ring (bicyclic) bond motifs is 1. The zero-order chi connectivity index (χ0) is 19.6. The van der Waals surface area contributed by atoms with Gasteiger partial charge in [0.2, 0.25) is 0 Å². The number of rotatable bonds is 9. The van der Waals surface area contributed by atoms with Crippen molar-refractivity contribution in [3.8, 4) is 0 Å². The van der Waals surface area contributed by atoms with Gasteiger partial charge in [0.1, 0.15) is 0 Å². The predicted molar refractivity (Wildman–Crippen MR) is 108 cm³/mol. The highest BCUT2D eigenvalue weighted by atomic mass is 16.3. The lowest BCUT2D eigenvalue weighted by Gasteiger charge is -2.46. The van der Waals surface area contributed by atoms with Crippen molar-refractivity contribution >= 4 is 0 Å². The predicted octanol–water partition coefficient (Wildman–Crippen LogP) is 5.06. The zero-order valence-electron chi connectivity index (χ0n) is 17.9. The van der Waals surface area contributed by atoms with Gasteiger partial charge in [0.25, 0.3) is 0 Å². The van der Waals surface area contributed by atoms with Gasteiger partial charge in [-0.05, 0) is 89.4 Å². The molecule has 0 aromatic carbocycles. The Morgan fingerprint density at radius 2 is 1.46 bits per heavy atom. The van der Waals surface area contributed by atoms with Crippen LogP contribution in [0.5, 0.6) is 0 Å². The Hall–Kier alpha value is -0.120. The van der Waals surface area contributed by atoms with Gasteiger partial charge in [0.15, 0.2) is 0 Å². The van der Waals surface area contributed by atoms with E-state index in [0.29, 0.717) is 17.8 Å². The maximum atomic E-state index is 10.5. The smallest absolute Gasteiger partial charge is 0.0591 e. The van der Waals surface area contributed by atoms with Gasteiger partial charge < -0.3 is 15.3 Å². The molecule has 0 radical (unpaired) electrons. The molecule has 3 heteroatoms. The minimum absolute atomic E-state index is 0.104. The summed E-state index contributed by atoms with van der Waals surface area (Å²) in [4.78, 5) is 0. The summed E-state index contributed by atoms with van der Waals surface area (Å²) < 4.78 is 0. The van der Waals surface area contributed by atoms with E-state index < -0.39 is 11.2 Å². The van der Waals surface area contributed by atoms with E-state index in [0.717, 1.165) is 38.5 Å². The maximum absolute atomic E-state index is 10.5. The Morgan fingerprint density at radius 1 is 0.923 bits per heavy atom. The molecule has 4 atom stereocenters. The molecule has 154 valence electrons. The summed E-state index contributed by atoms with van der Waals surface area (Å²) in [6.07, 6.45) is 11.9. The van der Waals surface area contributed by atoms with Crippen molar-refractivity contribution in [1.82, 2.24) is 0 Å². The first-order chi connectivity index (χ1) is 11.9. The van der Waals surface area contributed by atoms with Crippen LogP contribution in [0.1, 0.15) is 105 Å². The molecular weight excluding hydrogens is 324 g/mol. The zero-order valence-corrected chi connectivity index (χ0v) is 17.9. The summed E-state index contributed by atoms with van der Waals surface area (Å²) in [7, 11) is 0. The normalized spacial score (nSPS) is 32.9. The lowest BCUT2D eigenvalue weighted by molar-refractivity contribution is -0.0320. The van der Waals surface area contributed by atoms with Crippen LogP contribution in [0.4, 0.5) is 0 Å². The van der Waals surface area contributed by atoms with E-state index in [4.69, 9.17) is 0 Å². The molecule has 2 aliphatic carbocycles. The van der Waals surface area contributed by atoms with Crippen LogP contribution < -0.4 is 0 Å². The molecule has 1 unspecified atom stereocenters. The van der Waals surface area contributed by atoms with Gasteiger partial charge in [-0.15, -0.1) is 0 Å². The Bertz CT molecular complexity index is 414. The molecule has 3 nitrogen and oxygen atoms in total. The maximum Gasteiger partial charge on any atom is 0.0591 e. The number of hydrogen-bond acceptors (Lipinski definition) is 3. The highest BCUT2D eigenvalue weighted by molar-refractivity contribution is 5.02. The first kappa shape index (κ1) is 22.2. The Balaban J connectivity index is 2.04. The highest BCUT2D eigenvalue weighted by Crippen LogP contribution is 2.59. The minimum atomic E-state index is -0.583. The van der Waals surface area contributed by atoms with Gasteiger partial charge in [-0.25, -0.2) is 0 Å². The molecule has 2 aliphatic rings. The van der Waals surface area contributed by atoms with E-state index in [-0.39, 0.29) is 11.5 Å². The van der Waals surface area contributed by atoms with Gasteiger partial charge in [0, 0.05) is 0 Å². The van der Waals surface area contributed by atoms with Gasteiger partial charge in [-0.1, -0.05) is 39.0 Å². The molecule has 0 spiro atoms. The lowest BCUT2D eigenvalue weighted by atomic mass is 9.60. The van der Waals surface area contributed by atoms with Gasteiger partial charge in [0.05, 0.1) is 17.3 Å². The fraction of sp³-hybridized carbons (Fsp3) is 1.00. The molecule has 2 saturated carbocycles. The summed E-state index contributed by atoms with van der Waals surface area (Å²) in [5, 5.41) is 30.7. The van der Waals surface area contributed by atoms with Crippen LogP contribution in [0.15, 0.2) is 0 Å². The van der Waals surface area contributed by atoms with Gasteiger partial charge in [-0.3, -0.25) is 0 Å². The van der Waals surface area contributed by atoms with Crippen molar-refractivity contribution in [2.24, 2.45) is 23.2 Å². The van der Waals surface area contributed by atoms with Crippen molar-refractivity contribution in [2.45, 2.75) is 123 Å². The Kier molecular flexibility index (Phi) is 7.24. The van der Waals surface area contributed by atoms with Crippen LogP contribution in [-0.2, 0) is 0 Å². The fourth-order valence-corrected chi connectivity index (χ4v) is 6.10. The van der Waals surface area contributed by atoms with E-state index in [1.54, 1.807) is 0 Å². The van der Waals surface area contributed by atoms with Gasteiger partial charge >= 0.3 is 0 Å². The topological polar surface area (TPSA) is 60.7 Å². The van der Waals surface area contributed by atoms with Crippen LogP contribution in [0.3, 0.4) is 0 Å². The van der Waals surface area contributed by atoms with E-state index >= 15 is 0 Å². The lowest BCUT2D eigenvalue weighted by Crippen LogP contribution is -2.42. The molecule has 0 bridgehead atoms. The van der Waals surface area contributed by atoms with Crippen LogP contribution in [0.2, 0.25) is 0 Å². The monoisotopic (exact) mass is 368 g/mol. The second-order valence-electron chi connectivity index (χ2n) is 10.9. The number of aliphatic hydroxyl groups is 3.